The van der Waals surface area contributed by atoms with Gasteiger partial charge < -0.3 is 4.90 Å². The van der Waals surface area contributed by atoms with Crippen LogP contribution in [0.4, 0.5) is 13.2 Å². The first-order valence-electron chi connectivity index (χ1n) is 6.67. The normalized spacial score (nSPS) is 16.8. The summed E-state index contributed by atoms with van der Waals surface area (Å²) >= 11 is 2.60. The highest BCUT2D eigenvalue weighted by Crippen LogP contribution is 2.36. The SMILES string of the molecule is Cc1csc(SCC(=O)N(CC(F)(F)F)[C@H](C)C2CC2)n1. The van der Waals surface area contributed by atoms with E-state index >= 15 is 0 Å². The number of carbonyl (C=O) groups is 1. The van der Waals surface area contributed by atoms with Gasteiger partial charge in [-0.25, -0.2) is 4.98 Å². The molecule has 0 radical (unpaired) electrons. The molecule has 0 saturated heterocycles. The highest BCUT2D eigenvalue weighted by atomic mass is 32.2. The van der Waals surface area contributed by atoms with E-state index in [1.54, 1.807) is 6.92 Å². The highest BCUT2D eigenvalue weighted by molar-refractivity contribution is 8.01. The second-order valence-electron chi connectivity index (χ2n) is 5.26. The molecule has 1 amide bonds. The van der Waals surface area contributed by atoms with Crippen molar-refractivity contribution in [3.63, 3.8) is 0 Å². The van der Waals surface area contributed by atoms with Crippen LogP contribution in [0, 0.1) is 12.8 Å². The molecule has 1 aliphatic carbocycles. The molecule has 1 atom stereocenters. The molecule has 1 heterocycles. The molecule has 1 aromatic rings. The molecule has 0 bridgehead atoms. The molecule has 3 nitrogen and oxygen atoms in total. The van der Waals surface area contributed by atoms with E-state index in [0.717, 1.165) is 23.4 Å². The summed E-state index contributed by atoms with van der Waals surface area (Å²) < 4.78 is 38.7. The number of amides is 1. The molecule has 0 spiro atoms. The lowest BCUT2D eigenvalue weighted by atomic mass is 10.2. The van der Waals surface area contributed by atoms with Crippen molar-refractivity contribution in [2.75, 3.05) is 12.3 Å². The average Bonchev–Trinajstić information content (AvgIpc) is 3.15. The Labute approximate surface area is 129 Å². The van der Waals surface area contributed by atoms with Crippen molar-refractivity contribution in [3.05, 3.63) is 11.1 Å². The van der Waals surface area contributed by atoms with Gasteiger partial charge in [0.05, 0.1) is 5.75 Å². The molecular weight excluding hydrogens is 321 g/mol. The van der Waals surface area contributed by atoms with E-state index in [4.69, 9.17) is 0 Å². The summed E-state index contributed by atoms with van der Waals surface area (Å²) in [5.74, 6) is -0.256. The molecule has 1 aliphatic rings. The molecule has 0 unspecified atom stereocenters. The van der Waals surface area contributed by atoms with E-state index in [1.165, 1.54) is 23.1 Å². The number of alkyl halides is 3. The second kappa shape index (κ2) is 6.56. The van der Waals surface area contributed by atoms with Gasteiger partial charge in [-0.05, 0) is 32.6 Å². The molecule has 0 N–H and O–H groups in total. The zero-order chi connectivity index (χ0) is 15.6. The van der Waals surface area contributed by atoms with Gasteiger partial charge in [-0.1, -0.05) is 11.8 Å². The van der Waals surface area contributed by atoms with E-state index in [-0.39, 0.29) is 17.7 Å². The van der Waals surface area contributed by atoms with E-state index in [9.17, 15) is 18.0 Å². The van der Waals surface area contributed by atoms with Crippen LogP contribution >= 0.6 is 23.1 Å². The smallest absolute Gasteiger partial charge is 0.330 e. The van der Waals surface area contributed by atoms with Crippen LogP contribution in [0.25, 0.3) is 0 Å². The lowest BCUT2D eigenvalue weighted by Gasteiger charge is -2.30. The number of halogens is 3. The van der Waals surface area contributed by atoms with Gasteiger partial charge in [0.15, 0.2) is 4.34 Å². The van der Waals surface area contributed by atoms with Crippen molar-refractivity contribution >= 4 is 29.0 Å². The van der Waals surface area contributed by atoms with Gasteiger partial charge in [-0.2, -0.15) is 13.2 Å². The Morgan fingerprint density at radius 2 is 2.24 bits per heavy atom. The lowest BCUT2D eigenvalue weighted by Crippen LogP contribution is -2.46. The molecule has 21 heavy (non-hydrogen) atoms. The van der Waals surface area contributed by atoms with Gasteiger partial charge in [-0.3, -0.25) is 4.79 Å². The predicted octanol–water partition coefficient (Wildman–Crippen LogP) is 3.73. The maximum absolute atomic E-state index is 12.7. The maximum atomic E-state index is 12.7. The number of aromatic nitrogens is 1. The number of hydrogen-bond donors (Lipinski definition) is 0. The Balaban J connectivity index is 1.96. The fourth-order valence-electron chi connectivity index (χ4n) is 2.09. The molecular formula is C13H17F3N2OS2. The van der Waals surface area contributed by atoms with Crippen LogP contribution in [-0.4, -0.2) is 40.3 Å². The third kappa shape index (κ3) is 5.18. The second-order valence-corrected chi connectivity index (χ2v) is 7.34. The molecule has 1 saturated carbocycles. The Morgan fingerprint density at radius 1 is 1.57 bits per heavy atom. The van der Waals surface area contributed by atoms with Gasteiger partial charge in [0, 0.05) is 17.1 Å². The van der Waals surface area contributed by atoms with Crippen LogP contribution in [0.2, 0.25) is 0 Å². The summed E-state index contributed by atoms with van der Waals surface area (Å²) in [6, 6.07) is -0.349. The zero-order valence-electron chi connectivity index (χ0n) is 11.8. The van der Waals surface area contributed by atoms with E-state index < -0.39 is 18.6 Å². The number of thioether (sulfide) groups is 1. The Bertz CT molecular complexity index is 500. The van der Waals surface area contributed by atoms with Gasteiger partial charge in [-0.15, -0.1) is 11.3 Å². The zero-order valence-corrected chi connectivity index (χ0v) is 13.4. The lowest BCUT2D eigenvalue weighted by molar-refractivity contribution is -0.164. The molecule has 0 aromatic carbocycles. The minimum absolute atomic E-state index is 0.0000926. The third-order valence-corrected chi connectivity index (χ3v) is 5.51. The molecule has 2 rings (SSSR count). The summed E-state index contributed by atoms with van der Waals surface area (Å²) in [6.07, 6.45) is -2.55. The number of carbonyl (C=O) groups excluding carboxylic acids is 1. The Hall–Kier alpha value is -0.760. The highest BCUT2D eigenvalue weighted by Gasteiger charge is 2.40. The first kappa shape index (κ1) is 16.6. The molecule has 1 fully saturated rings. The summed E-state index contributed by atoms with van der Waals surface area (Å²) in [7, 11) is 0. The minimum atomic E-state index is -4.36. The Morgan fingerprint density at radius 3 is 2.71 bits per heavy atom. The number of aryl methyl sites for hydroxylation is 1. The van der Waals surface area contributed by atoms with Crippen molar-refractivity contribution in [2.24, 2.45) is 5.92 Å². The average molecular weight is 338 g/mol. The molecule has 8 heteroatoms. The molecule has 118 valence electrons. The number of rotatable bonds is 6. The monoisotopic (exact) mass is 338 g/mol. The van der Waals surface area contributed by atoms with E-state index in [2.05, 4.69) is 4.98 Å². The topological polar surface area (TPSA) is 33.2 Å². The van der Waals surface area contributed by atoms with Crippen LogP contribution < -0.4 is 0 Å². The van der Waals surface area contributed by atoms with Crippen LogP contribution in [0.5, 0.6) is 0 Å². The maximum Gasteiger partial charge on any atom is 0.406 e. The standard InChI is InChI=1S/C13H17F3N2OS2/c1-8-5-20-12(17-8)21-6-11(19)18(7-13(14,15)16)9(2)10-3-4-10/h5,9-10H,3-4,6-7H2,1-2H3/t9-/m1/s1. The summed E-state index contributed by atoms with van der Waals surface area (Å²) in [5, 5.41) is 1.85. The van der Waals surface area contributed by atoms with Gasteiger partial charge >= 0.3 is 6.18 Å². The summed E-state index contributed by atoms with van der Waals surface area (Å²) in [5.41, 5.74) is 0.855. The van der Waals surface area contributed by atoms with Crippen LogP contribution in [0.3, 0.4) is 0 Å². The van der Waals surface area contributed by atoms with Crippen LogP contribution in [0.1, 0.15) is 25.5 Å². The third-order valence-electron chi connectivity index (χ3n) is 3.38. The van der Waals surface area contributed by atoms with Crippen molar-refractivity contribution in [1.29, 1.82) is 0 Å². The van der Waals surface area contributed by atoms with Crippen molar-refractivity contribution in [1.82, 2.24) is 9.88 Å². The fourth-order valence-corrected chi connectivity index (χ4v) is 3.83. The number of nitrogens with zero attached hydrogens (tertiary/aromatic N) is 2. The van der Waals surface area contributed by atoms with Crippen molar-refractivity contribution in [2.45, 2.75) is 43.2 Å². The first-order valence-corrected chi connectivity index (χ1v) is 8.54. The van der Waals surface area contributed by atoms with E-state index in [0.29, 0.717) is 4.34 Å². The molecule has 1 aromatic heterocycles. The number of thiazole rings is 1. The number of hydrogen-bond acceptors (Lipinski definition) is 4. The largest absolute Gasteiger partial charge is 0.406 e. The Kier molecular flexibility index (Phi) is 5.19. The first-order chi connectivity index (χ1) is 9.76. The predicted molar refractivity (Wildman–Crippen MR) is 77.5 cm³/mol. The quantitative estimate of drug-likeness (QED) is 0.741. The summed E-state index contributed by atoms with van der Waals surface area (Å²) in [4.78, 5) is 17.3. The van der Waals surface area contributed by atoms with Crippen LogP contribution in [0.15, 0.2) is 9.72 Å². The fraction of sp³-hybridized carbons (Fsp3) is 0.692. The summed E-state index contributed by atoms with van der Waals surface area (Å²) in [6.45, 7) is 2.38. The van der Waals surface area contributed by atoms with Crippen LogP contribution in [-0.2, 0) is 4.79 Å². The van der Waals surface area contributed by atoms with Crippen molar-refractivity contribution in [3.8, 4) is 0 Å². The molecule has 0 aliphatic heterocycles. The minimum Gasteiger partial charge on any atom is -0.330 e. The van der Waals surface area contributed by atoms with Crippen molar-refractivity contribution < 1.29 is 18.0 Å². The van der Waals surface area contributed by atoms with E-state index in [1.807, 2.05) is 12.3 Å². The van der Waals surface area contributed by atoms with Gasteiger partial charge in [0.2, 0.25) is 5.91 Å². The van der Waals surface area contributed by atoms with Gasteiger partial charge in [0.1, 0.15) is 6.54 Å². The van der Waals surface area contributed by atoms with Gasteiger partial charge in [0.25, 0.3) is 0 Å².